The van der Waals surface area contributed by atoms with Crippen LogP contribution in [0, 0.1) is 0 Å². The summed E-state index contributed by atoms with van der Waals surface area (Å²) in [7, 11) is 0. The minimum Gasteiger partial charge on any atom is -0.367 e. The Morgan fingerprint density at radius 3 is 2.29 bits per heavy atom. The van der Waals surface area contributed by atoms with Crippen molar-refractivity contribution in [2.75, 3.05) is 0 Å². The van der Waals surface area contributed by atoms with Gasteiger partial charge in [0.15, 0.2) is 5.72 Å². The molecule has 0 radical (unpaired) electrons. The highest BCUT2D eigenvalue weighted by Crippen LogP contribution is 2.18. The molecular formula is C5H9NO. The highest BCUT2D eigenvalue weighted by molar-refractivity contribution is 5.20. The first-order valence-corrected chi connectivity index (χ1v) is 2.30. The summed E-state index contributed by atoms with van der Waals surface area (Å²) in [6.07, 6.45) is 1.79. The van der Waals surface area contributed by atoms with Crippen molar-refractivity contribution >= 4 is 0 Å². The molecule has 40 valence electrons. The second-order valence-corrected chi connectivity index (χ2v) is 2.04. The van der Waals surface area contributed by atoms with Crippen molar-refractivity contribution < 1.29 is 5.11 Å². The van der Waals surface area contributed by atoms with Gasteiger partial charge in [-0.25, -0.2) is 0 Å². The molecule has 1 heterocycles. The molecule has 1 aliphatic rings. The van der Waals surface area contributed by atoms with Gasteiger partial charge in [-0.2, -0.15) is 0 Å². The van der Waals surface area contributed by atoms with Gasteiger partial charge in [0.25, 0.3) is 0 Å². The third-order valence-corrected chi connectivity index (χ3v) is 1.34. The average molecular weight is 99.1 g/mol. The van der Waals surface area contributed by atoms with Gasteiger partial charge < -0.3 is 10.4 Å². The minimum absolute atomic E-state index is 0.708. The molecule has 2 heteroatoms. The van der Waals surface area contributed by atoms with Gasteiger partial charge in [0, 0.05) is 6.20 Å². The number of nitrogens with one attached hydrogen (secondary N) is 1. The largest absolute Gasteiger partial charge is 0.367 e. The van der Waals surface area contributed by atoms with Crippen LogP contribution in [0.3, 0.4) is 0 Å². The third kappa shape index (κ3) is 0.509. The molecule has 0 amide bonds. The molecule has 7 heavy (non-hydrogen) atoms. The maximum atomic E-state index is 9.00. The molecule has 1 atom stereocenters. The summed E-state index contributed by atoms with van der Waals surface area (Å²) in [4.78, 5) is 0. The fraction of sp³-hybridized carbons (Fsp3) is 0.600. The summed E-state index contributed by atoms with van der Waals surface area (Å²) in [6, 6.07) is 0. The lowest BCUT2D eigenvalue weighted by atomic mass is 10.0. The zero-order valence-corrected chi connectivity index (χ0v) is 4.52. The van der Waals surface area contributed by atoms with Crippen molar-refractivity contribution in [1.82, 2.24) is 5.32 Å². The van der Waals surface area contributed by atoms with E-state index in [-0.39, 0.29) is 0 Å². The van der Waals surface area contributed by atoms with Crippen molar-refractivity contribution in [1.29, 1.82) is 0 Å². The second kappa shape index (κ2) is 1.01. The van der Waals surface area contributed by atoms with Crippen LogP contribution in [0.15, 0.2) is 11.8 Å². The first-order valence-electron chi connectivity index (χ1n) is 2.30. The van der Waals surface area contributed by atoms with Gasteiger partial charge in [0.1, 0.15) is 0 Å². The molecule has 0 fully saturated rings. The predicted octanol–water partition coefficient (Wildman–Crippen LogP) is 0.202. The molecule has 1 rings (SSSR count). The Hall–Kier alpha value is -0.500. The van der Waals surface area contributed by atoms with Crippen LogP contribution < -0.4 is 5.32 Å². The fourth-order valence-corrected chi connectivity index (χ4v) is 0.425. The predicted molar refractivity (Wildman–Crippen MR) is 27.5 cm³/mol. The quantitative estimate of drug-likeness (QED) is 0.454. The Morgan fingerprint density at radius 1 is 1.86 bits per heavy atom. The number of hydrogen-bond donors (Lipinski definition) is 2. The molecule has 0 aliphatic carbocycles. The standard InChI is InChI=1S/C5H9NO/c1-4-3-6-5(4,2)7/h3,6-7H,1-2H3. The SMILES string of the molecule is CC1=CNC1(C)O. The summed E-state index contributed by atoms with van der Waals surface area (Å²) in [5, 5.41) is 11.7. The van der Waals surface area contributed by atoms with Crippen LogP contribution in [0.5, 0.6) is 0 Å². The van der Waals surface area contributed by atoms with Crippen LogP contribution >= 0.6 is 0 Å². The molecule has 0 spiro atoms. The molecular weight excluding hydrogens is 90.1 g/mol. The Labute approximate surface area is 42.8 Å². The summed E-state index contributed by atoms with van der Waals surface area (Å²) in [5.74, 6) is 0. The van der Waals surface area contributed by atoms with Gasteiger partial charge in [0.05, 0.1) is 0 Å². The van der Waals surface area contributed by atoms with Crippen LogP contribution in [0.1, 0.15) is 13.8 Å². The van der Waals surface area contributed by atoms with Gasteiger partial charge in [0.2, 0.25) is 0 Å². The molecule has 2 nitrogen and oxygen atoms in total. The maximum absolute atomic E-state index is 9.00. The van der Waals surface area contributed by atoms with Gasteiger partial charge in [-0.05, 0) is 19.4 Å². The van der Waals surface area contributed by atoms with Crippen molar-refractivity contribution in [3.8, 4) is 0 Å². The fourth-order valence-electron chi connectivity index (χ4n) is 0.425. The zero-order valence-electron chi connectivity index (χ0n) is 4.52. The van der Waals surface area contributed by atoms with E-state index in [0.717, 1.165) is 5.57 Å². The highest BCUT2D eigenvalue weighted by atomic mass is 16.3. The van der Waals surface area contributed by atoms with Crippen LogP contribution in [0.2, 0.25) is 0 Å². The lowest BCUT2D eigenvalue weighted by Crippen LogP contribution is -2.47. The zero-order chi connectivity index (χ0) is 5.49. The number of aliphatic hydroxyl groups is 1. The van der Waals surface area contributed by atoms with Crippen molar-refractivity contribution in [3.05, 3.63) is 11.8 Å². The van der Waals surface area contributed by atoms with Gasteiger partial charge in [-0.1, -0.05) is 0 Å². The van der Waals surface area contributed by atoms with Crippen LogP contribution in [0.4, 0.5) is 0 Å². The topological polar surface area (TPSA) is 32.3 Å². The van der Waals surface area contributed by atoms with E-state index in [1.54, 1.807) is 13.1 Å². The molecule has 0 aromatic heterocycles. The maximum Gasteiger partial charge on any atom is 0.155 e. The van der Waals surface area contributed by atoms with Gasteiger partial charge >= 0.3 is 0 Å². The lowest BCUT2D eigenvalue weighted by molar-refractivity contribution is 0.0536. The summed E-state index contributed by atoms with van der Waals surface area (Å²) in [5.41, 5.74) is 0.285. The van der Waals surface area contributed by atoms with Gasteiger partial charge in [-0.3, -0.25) is 0 Å². The van der Waals surface area contributed by atoms with Crippen molar-refractivity contribution in [2.24, 2.45) is 0 Å². The van der Waals surface area contributed by atoms with Crippen molar-refractivity contribution in [2.45, 2.75) is 19.6 Å². The molecule has 0 saturated heterocycles. The van der Waals surface area contributed by atoms with E-state index in [0.29, 0.717) is 0 Å². The van der Waals surface area contributed by atoms with E-state index in [1.807, 2.05) is 6.92 Å². The molecule has 0 saturated carbocycles. The summed E-state index contributed by atoms with van der Waals surface area (Å²) in [6.45, 7) is 3.61. The highest BCUT2D eigenvalue weighted by Gasteiger charge is 2.27. The lowest BCUT2D eigenvalue weighted by Gasteiger charge is -2.33. The first-order chi connectivity index (χ1) is 3.13. The van der Waals surface area contributed by atoms with E-state index in [2.05, 4.69) is 5.32 Å². The smallest absolute Gasteiger partial charge is 0.155 e. The van der Waals surface area contributed by atoms with E-state index in [4.69, 9.17) is 5.11 Å². The molecule has 1 aliphatic heterocycles. The molecule has 2 N–H and O–H groups in total. The third-order valence-electron chi connectivity index (χ3n) is 1.34. The first kappa shape index (κ1) is 4.65. The molecule has 0 bridgehead atoms. The Balaban J connectivity index is 2.68. The second-order valence-electron chi connectivity index (χ2n) is 2.04. The Kier molecular flexibility index (Phi) is 0.672. The molecule has 0 aromatic rings. The number of hydrogen-bond acceptors (Lipinski definition) is 2. The van der Waals surface area contributed by atoms with Gasteiger partial charge in [-0.15, -0.1) is 0 Å². The van der Waals surface area contributed by atoms with Crippen LogP contribution in [-0.2, 0) is 0 Å². The Bertz CT molecular complexity index is 115. The average Bonchev–Trinajstić information content (AvgIpc) is 1.63. The van der Waals surface area contributed by atoms with Crippen LogP contribution in [0.25, 0.3) is 0 Å². The van der Waals surface area contributed by atoms with E-state index in [1.165, 1.54) is 0 Å². The minimum atomic E-state index is -0.708. The monoisotopic (exact) mass is 99.1 g/mol. The van der Waals surface area contributed by atoms with Crippen LogP contribution in [-0.4, -0.2) is 10.8 Å². The van der Waals surface area contributed by atoms with E-state index >= 15 is 0 Å². The Morgan fingerprint density at radius 2 is 2.29 bits per heavy atom. The summed E-state index contributed by atoms with van der Waals surface area (Å²) >= 11 is 0. The molecule has 0 aromatic carbocycles. The molecule has 1 unspecified atom stereocenters. The van der Waals surface area contributed by atoms with E-state index in [9.17, 15) is 0 Å². The van der Waals surface area contributed by atoms with E-state index < -0.39 is 5.72 Å². The van der Waals surface area contributed by atoms with Crippen molar-refractivity contribution in [3.63, 3.8) is 0 Å². The summed E-state index contributed by atoms with van der Waals surface area (Å²) < 4.78 is 0. The number of rotatable bonds is 0. The normalized spacial score (nSPS) is 38.4.